The lowest BCUT2D eigenvalue weighted by Gasteiger charge is -2.17. The number of carbonyl (C=O) groups is 2. The molecule has 0 aliphatic heterocycles. The first-order valence-corrected chi connectivity index (χ1v) is 6.51. The molecule has 1 rings (SSSR count). The summed E-state index contributed by atoms with van der Waals surface area (Å²) in [5.74, 6) is 0.457. The standard InChI is InChI=1S/C15H21NO4/c1-16(10-6-9-15(18)20-3)14(17)11-12-7-4-5-8-13(12)19-2/h4-5,7-8H,6,9-11H2,1-3H3. The Kier molecular flexibility index (Phi) is 6.56. The van der Waals surface area contributed by atoms with Crippen molar-refractivity contribution in [3.63, 3.8) is 0 Å². The molecule has 0 radical (unpaired) electrons. The molecule has 0 N–H and O–H groups in total. The van der Waals surface area contributed by atoms with E-state index in [2.05, 4.69) is 4.74 Å². The Morgan fingerprint density at radius 2 is 1.90 bits per heavy atom. The van der Waals surface area contributed by atoms with Crippen molar-refractivity contribution in [2.75, 3.05) is 27.8 Å². The number of esters is 1. The molecule has 0 aliphatic rings. The van der Waals surface area contributed by atoms with Gasteiger partial charge in [-0.3, -0.25) is 9.59 Å². The summed E-state index contributed by atoms with van der Waals surface area (Å²) in [6, 6.07) is 7.45. The van der Waals surface area contributed by atoms with Gasteiger partial charge in [-0.25, -0.2) is 0 Å². The van der Waals surface area contributed by atoms with E-state index in [4.69, 9.17) is 4.74 Å². The SMILES string of the molecule is COC(=O)CCCN(C)C(=O)Cc1ccccc1OC. The van der Waals surface area contributed by atoms with Crippen LogP contribution in [0.4, 0.5) is 0 Å². The molecule has 0 saturated heterocycles. The number of nitrogens with zero attached hydrogens (tertiary/aromatic N) is 1. The maximum absolute atomic E-state index is 12.1. The van der Waals surface area contributed by atoms with Gasteiger partial charge in [-0.2, -0.15) is 0 Å². The van der Waals surface area contributed by atoms with Crippen LogP contribution in [-0.4, -0.2) is 44.6 Å². The van der Waals surface area contributed by atoms with Crippen molar-refractivity contribution in [1.29, 1.82) is 0 Å². The number of carbonyl (C=O) groups excluding carboxylic acids is 2. The summed E-state index contributed by atoms with van der Waals surface area (Å²) >= 11 is 0. The highest BCUT2D eigenvalue weighted by Gasteiger charge is 2.12. The maximum atomic E-state index is 12.1. The molecule has 0 atom stereocenters. The number of ether oxygens (including phenoxy) is 2. The molecule has 5 nitrogen and oxygen atoms in total. The fraction of sp³-hybridized carbons (Fsp3) is 0.467. The summed E-state index contributed by atoms with van der Waals surface area (Å²) in [4.78, 5) is 24.7. The highest BCUT2D eigenvalue weighted by atomic mass is 16.5. The Morgan fingerprint density at radius 1 is 1.20 bits per heavy atom. The van der Waals surface area contributed by atoms with Crippen LogP contribution in [-0.2, 0) is 20.7 Å². The van der Waals surface area contributed by atoms with Gasteiger partial charge in [0, 0.05) is 25.6 Å². The smallest absolute Gasteiger partial charge is 0.305 e. The Balaban J connectivity index is 2.47. The summed E-state index contributed by atoms with van der Waals surface area (Å²) < 4.78 is 9.78. The number of methoxy groups -OCH3 is 2. The van der Waals surface area contributed by atoms with Crippen molar-refractivity contribution in [3.05, 3.63) is 29.8 Å². The van der Waals surface area contributed by atoms with E-state index in [9.17, 15) is 9.59 Å². The molecular weight excluding hydrogens is 258 g/mol. The van der Waals surface area contributed by atoms with Gasteiger partial charge >= 0.3 is 5.97 Å². The fourth-order valence-electron chi connectivity index (χ4n) is 1.83. The second-order valence-electron chi connectivity index (χ2n) is 4.48. The van der Waals surface area contributed by atoms with E-state index in [0.29, 0.717) is 31.6 Å². The van der Waals surface area contributed by atoms with Crippen LogP contribution in [0.1, 0.15) is 18.4 Å². The monoisotopic (exact) mass is 279 g/mol. The lowest BCUT2D eigenvalue weighted by Crippen LogP contribution is -2.29. The van der Waals surface area contributed by atoms with Crippen molar-refractivity contribution in [2.24, 2.45) is 0 Å². The molecule has 0 saturated carbocycles. The third-order valence-corrected chi connectivity index (χ3v) is 3.06. The number of hydrogen-bond donors (Lipinski definition) is 0. The number of rotatable bonds is 7. The predicted molar refractivity (Wildman–Crippen MR) is 75.6 cm³/mol. The van der Waals surface area contributed by atoms with Crippen molar-refractivity contribution in [2.45, 2.75) is 19.3 Å². The van der Waals surface area contributed by atoms with E-state index in [-0.39, 0.29) is 11.9 Å². The zero-order valence-corrected chi connectivity index (χ0v) is 12.2. The molecule has 0 unspecified atom stereocenters. The second kappa shape index (κ2) is 8.19. The topological polar surface area (TPSA) is 55.8 Å². The lowest BCUT2D eigenvalue weighted by molar-refractivity contribution is -0.141. The second-order valence-corrected chi connectivity index (χ2v) is 4.48. The van der Waals surface area contributed by atoms with Crippen LogP contribution in [0, 0.1) is 0 Å². The molecule has 0 fully saturated rings. The van der Waals surface area contributed by atoms with Gasteiger partial charge in [0.15, 0.2) is 0 Å². The first-order valence-electron chi connectivity index (χ1n) is 6.51. The molecule has 110 valence electrons. The first kappa shape index (κ1) is 16.0. The molecule has 20 heavy (non-hydrogen) atoms. The van der Waals surface area contributed by atoms with Crippen LogP contribution in [0.25, 0.3) is 0 Å². The number of amides is 1. The molecule has 1 aromatic carbocycles. The van der Waals surface area contributed by atoms with Gasteiger partial charge in [-0.05, 0) is 12.5 Å². The van der Waals surface area contributed by atoms with E-state index >= 15 is 0 Å². The van der Waals surface area contributed by atoms with E-state index in [1.807, 2.05) is 24.3 Å². The average molecular weight is 279 g/mol. The quantitative estimate of drug-likeness (QED) is 0.712. The Hall–Kier alpha value is -2.04. The van der Waals surface area contributed by atoms with Crippen molar-refractivity contribution >= 4 is 11.9 Å². The first-order chi connectivity index (χ1) is 9.58. The van der Waals surface area contributed by atoms with Crippen LogP contribution in [0.2, 0.25) is 0 Å². The number of benzene rings is 1. The minimum Gasteiger partial charge on any atom is -0.496 e. The van der Waals surface area contributed by atoms with Gasteiger partial charge < -0.3 is 14.4 Å². The van der Waals surface area contributed by atoms with Gasteiger partial charge in [0.05, 0.1) is 20.6 Å². The minimum atomic E-state index is -0.254. The summed E-state index contributed by atoms with van der Waals surface area (Å²) in [6.45, 7) is 0.531. The zero-order chi connectivity index (χ0) is 15.0. The van der Waals surface area contributed by atoms with E-state index < -0.39 is 0 Å². The number of likely N-dealkylation sites (N-methyl/N-ethyl adjacent to an activating group) is 1. The average Bonchev–Trinajstić information content (AvgIpc) is 2.47. The summed E-state index contributed by atoms with van der Waals surface area (Å²) in [7, 11) is 4.68. The minimum absolute atomic E-state index is 0.000587. The molecule has 5 heteroatoms. The van der Waals surface area contributed by atoms with Crippen LogP contribution < -0.4 is 4.74 Å². The largest absolute Gasteiger partial charge is 0.496 e. The van der Waals surface area contributed by atoms with E-state index in [1.165, 1.54) is 7.11 Å². The van der Waals surface area contributed by atoms with Gasteiger partial charge in [-0.1, -0.05) is 18.2 Å². The van der Waals surface area contributed by atoms with Crippen LogP contribution >= 0.6 is 0 Å². The number of para-hydroxylation sites is 1. The molecule has 0 heterocycles. The summed E-state index contributed by atoms with van der Waals surface area (Å²) in [5, 5.41) is 0. The highest BCUT2D eigenvalue weighted by molar-refractivity contribution is 5.79. The lowest BCUT2D eigenvalue weighted by atomic mass is 10.1. The molecule has 1 aromatic rings. The third kappa shape index (κ3) is 4.91. The molecule has 0 aromatic heterocycles. The molecule has 0 aliphatic carbocycles. The molecular formula is C15H21NO4. The molecule has 0 spiro atoms. The van der Waals surface area contributed by atoms with Gasteiger partial charge in [0.25, 0.3) is 0 Å². The van der Waals surface area contributed by atoms with Gasteiger partial charge in [-0.15, -0.1) is 0 Å². The highest BCUT2D eigenvalue weighted by Crippen LogP contribution is 2.18. The molecule has 1 amide bonds. The fourth-order valence-corrected chi connectivity index (χ4v) is 1.83. The maximum Gasteiger partial charge on any atom is 0.305 e. The Labute approximate surface area is 119 Å². The van der Waals surface area contributed by atoms with Crippen molar-refractivity contribution in [1.82, 2.24) is 4.90 Å². The van der Waals surface area contributed by atoms with Crippen molar-refractivity contribution < 1.29 is 19.1 Å². The summed E-state index contributed by atoms with van der Waals surface area (Å²) in [5.41, 5.74) is 0.861. The van der Waals surface area contributed by atoms with Crippen molar-refractivity contribution in [3.8, 4) is 5.75 Å². The van der Waals surface area contributed by atoms with E-state index in [0.717, 1.165) is 5.56 Å². The Morgan fingerprint density at radius 3 is 2.55 bits per heavy atom. The van der Waals surface area contributed by atoms with Gasteiger partial charge in [0.1, 0.15) is 5.75 Å². The number of hydrogen-bond acceptors (Lipinski definition) is 4. The normalized spacial score (nSPS) is 9.95. The zero-order valence-electron chi connectivity index (χ0n) is 12.2. The summed E-state index contributed by atoms with van der Waals surface area (Å²) in [6.07, 6.45) is 1.21. The van der Waals surface area contributed by atoms with E-state index in [1.54, 1.807) is 19.1 Å². The third-order valence-electron chi connectivity index (χ3n) is 3.06. The van der Waals surface area contributed by atoms with Crippen LogP contribution in [0.3, 0.4) is 0 Å². The van der Waals surface area contributed by atoms with Crippen LogP contribution in [0.15, 0.2) is 24.3 Å². The predicted octanol–water partition coefficient (Wildman–Crippen LogP) is 1.65. The Bertz CT molecular complexity index is 459. The van der Waals surface area contributed by atoms with Gasteiger partial charge in [0.2, 0.25) is 5.91 Å². The molecule has 0 bridgehead atoms. The van der Waals surface area contributed by atoms with Crippen LogP contribution in [0.5, 0.6) is 5.75 Å².